The van der Waals surface area contributed by atoms with Crippen LogP contribution in [0, 0.1) is 0 Å². The summed E-state index contributed by atoms with van der Waals surface area (Å²) in [5.41, 5.74) is 3.26. The number of benzene rings is 3. The monoisotopic (exact) mass is 437 g/mol. The van der Waals surface area contributed by atoms with Gasteiger partial charge in [-0.15, -0.1) is 0 Å². The third-order valence-electron chi connectivity index (χ3n) is 4.61. The Morgan fingerprint density at radius 3 is 2.07 bits per heavy atom. The van der Waals surface area contributed by atoms with E-state index < -0.39 is 0 Å². The molecule has 3 aromatic carbocycles. The van der Waals surface area contributed by atoms with Gasteiger partial charge in [0, 0.05) is 17.6 Å². The zero-order chi connectivity index (χ0) is 19.8. The first-order valence-corrected chi connectivity index (χ1v) is 10.2. The van der Waals surface area contributed by atoms with Crippen molar-refractivity contribution in [2.24, 2.45) is 0 Å². The molecule has 1 amide bonds. The van der Waals surface area contributed by atoms with Gasteiger partial charge in [0.25, 0.3) is 0 Å². The lowest BCUT2D eigenvalue weighted by Crippen LogP contribution is -2.34. The SMILES string of the molecule is CC(CN(Cc1ccccc1)C(=O)OCc1ccccc1)c1ccc(Br)cc1. The van der Waals surface area contributed by atoms with Gasteiger partial charge in [0.1, 0.15) is 6.61 Å². The van der Waals surface area contributed by atoms with Crippen LogP contribution in [0.5, 0.6) is 0 Å². The summed E-state index contributed by atoms with van der Waals surface area (Å²) in [5.74, 6) is 0.195. The number of nitrogens with zero attached hydrogens (tertiary/aromatic N) is 1. The molecule has 0 heterocycles. The van der Waals surface area contributed by atoms with Gasteiger partial charge in [-0.05, 0) is 34.7 Å². The van der Waals surface area contributed by atoms with Gasteiger partial charge in [-0.3, -0.25) is 0 Å². The maximum absolute atomic E-state index is 12.8. The molecule has 0 spiro atoms. The smallest absolute Gasteiger partial charge is 0.410 e. The van der Waals surface area contributed by atoms with E-state index in [2.05, 4.69) is 35.0 Å². The average Bonchev–Trinajstić information content (AvgIpc) is 2.73. The first-order chi connectivity index (χ1) is 13.6. The summed E-state index contributed by atoms with van der Waals surface area (Å²) in [5, 5.41) is 0. The van der Waals surface area contributed by atoms with Crippen LogP contribution in [0.1, 0.15) is 29.5 Å². The van der Waals surface area contributed by atoms with E-state index in [0.29, 0.717) is 13.1 Å². The Kier molecular flexibility index (Phi) is 7.26. The quantitative estimate of drug-likeness (QED) is 0.428. The molecule has 0 saturated carbocycles. The molecule has 0 bridgehead atoms. The summed E-state index contributed by atoms with van der Waals surface area (Å²) >= 11 is 3.47. The molecule has 0 aliphatic carbocycles. The fourth-order valence-electron chi connectivity index (χ4n) is 3.05. The number of amides is 1. The minimum Gasteiger partial charge on any atom is -0.445 e. The van der Waals surface area contributed by atoms with E-state index in [-0.39, 0.29) is 18.6 Å². The Bertz CT molecular complexity index is 866. The van der Waals surface area contributed by atoms with Crippen molar-refractivity contribution in [2.45, 2.75) is 26.0 Å². The van der Waals surface area contributed by atoms with Gasteiger partial charge in [-0.25, -0.2) is 4.79 Å². The fourth-order valence-corrected chi connectivity index (χ4v) is 3.31. The molecule has 0 fully saturated rings. The molecule has 3 rings (SSSR count). The average molecular weight is 438 g/mol. The lowest BCUT2D eigenvalue weighted by atomic mass is 10.0. The zero-order valence-corrected chi connectivity index (χ0v) is 17.5. The number of ether oxygens (including phenoxy) is 1. The molecule has 28 heavy (non-hydrogen) atoms. The molecule has 0 radical (unpaired) electrons. The summed E-state index contributed by atoms with van der Waals surface area (Å²) < 4.78 is 6.65. The number of carbonyl (C=O) groups is 1. The Morgan fingerprint density at radius 1 is 0.893 bits per heavy atom. The maximum Gasteiger partial charge on any atom is 0.410 e. The van der Waals surface area contributed by atoms with Crippen LogP contribution in [0.25, 0.3) is 0 Å². The topological polar surface area (TPSA) is 29.5 Å². The van der Waals surface area contributed by atoms with Crippen molar-refractivity contribution in [3.63, 3.8) is 0 Å². The highest BCUT2D eigenvalue weighted by Gasteiger charge is 2.19. The molecule has 0 saturated heterocycles. The van der Waals surface area contributed by atoms with E-state index in [4.69, 9.17) is 4.74 Å². The highest BCUT2D eigenvalue weighted by atomic mass is 79.9. The lowest BCUT2D eigenvalue weighted by molar-refractivity contribution is 0.0918. The van der Waals surface area contributed by atoms with Crippen LogP contribution in [-0.4, -0.2) is 17.5 Å². The molecule has 1 atom stereocenters. The van der Waals surface area contributed by atoms with Crippen LogP contribution in [0.4, 0.5) is 4.79 Å². The molecule has 144 valence electrons. The largest absolute Gasteiger partial charge is 0.445 e. The standard InChI is InChI=1S/C24H24BrNO2/c1-19(22-12-14-23(25)15-13-22)16-26(17-20-8-4-2-5-9-20)24(27)28-18-21-10-6-3-7-11-21/h2-15,19H,16-18H2,1H3. The van der Waals surface area contributed by atoms with E-state index in [1.54, 1.807) is 4.90 Å². The molecule has 0 N–H and O–H groups in total. The highest BCUT2D eigenvalue weighted by Crippen LogP contribution is 2.21. The summed E-state index contributed by atoms with van der Waals surface area (Å²) in [7, 11) is 0. The second kappa shape index (κ2) is 10.1. The number of hydrogen-bond acceptors (Lipinski definition) is 2. The van der Waals surface area contributed by atoms with Crippen molar-refractivity contribution in [1.29, 1.82) is 0 Å². The summed E-state index contributed by atoms with van der Waals surface area (Å²) in [6.45, 7) is 3.52. The van der Waals surface area contributed by atoms with E-state index in [1.807, 2.05) is 72.8 Å². The molecule has 0 aromatic heterocycles. The predicted molar refractivity (Wildman–Crippen MR) is 116 cm³/mol. The number of hydrogen-bond donors (Lipinski definition) is 0. The minimum atomic E-state index is -0.295. The number of carbonyl (C=O) groups excluding carboxylic acids is 1. The normalized spacial score (nSPS) is 11.6. The molecule has 0 aliphatic rings. The van der Waals surface area contributed by atoms with Crippen molar-refractivity contribution in [3.05, 3.63) is 106 Å². The molecule has 0 aliphatic heterocycles. The summed E-state index contributed by atoms with van der Waals surface area (Å²) in [4.78, 5) is 14.6. The molecule has 1 unspecified atom stereocenters. The van der Waals surface area contributed by atoms with Gasteiger partial charge in [-0.2, -0.15) is 0 Å². The number of halogens is 1. The molecule has 3 nitrogen and oxygen atoms in total. The minimum absolute atomic E-state index is 0.195. The second-order valence-electron chi connectivity index (χ2n) is 6.86. The molecular weight excluding hydrogens is 414 g/mol. The van der Waals surface area contributed by atoms with Crippen molar-refractivity contribution in [3.8, 4) is 0 Å². The molecule has 3 aromatic rings. The summed E-state index contributed by atoms with van der Waals surface area (Å²) in [6.07, 6.45) is -0.295. The van der Waals surface area contributed by atoms with Crippen molar-refractivity contribution < 1.29 is 9.53 Å². The highest BCUT2D eigenvalue weighted by molar-refractivity contribution is 9.10. The van der Waals surface area contributed by atoms with Crippen molar-refractivity contribution >= 4 is 22.0 Å². The second-order valence-corrected chi connectivity index (χ2v) is 7.77. The molecule has 4 heteroatoms. The van der Waals surface area contributed by atoms with Crippen LogP contribution < -0.4 is 0 Å². The van der Waals surface area contributed by atoms with Gasteiger partial charge in [0.2, 0.25) is 0 Å². The van der Waals surface area contributed by atoms with Gasteiger partial charge in [-0.1, -0.05) is 95.7 Å². The van der Waals surface area contributed by atoms with E-state index in [1.165, 1.54) is 5.56 Å². The predicted octanol–water partition coefficient (Wildman–Crippen LogP) is 6.39. The van der Waals surface area contributed by atoms with Crippen LogP contribution >= 0.6 is 15.9 Å². The summed E-state index contributed by atoms with van der Waals surface area (Å²) in [6, 6.07) is 28.0. The van der Waals surface area contributed by atoms with E-state index >= 15 is 0 Å². The Balaban J connectivity index is 1.70. The van der Waals surface area contributed by atoms with E-state index in [9.17, 15) is 4.79 Å². The van der Waals surface area contributed by atoms with Crippen molar-refractivity contribution in [2.75, 3.05) is 6.54 Å². The van der Waals surface area contributed by atoms with Gasteiger partial charge < -0.3 is 9.64 Å². The van der Waals surface area contributed by atoms with Crippen LogP contribution in [-0.2, 0) is 17.9 Å². The van der Waals surface area contributed by atoms with Gasteiger partial charge >= 0.3 is 6.09 Å². The maximum atomic E-state index is 12.8. The van der Waals surface area contributed by atoms with Crippen LogP contribution in [0.15, 0.2) is 89.4 Å². The number of rotatable bonds is 7. The zero-order valence-electron chi connectivity index (χ0n) is 15.9. The first kappa shape index (κ1) is 20.2. The van der Waals surface area contributed by atoms with Crippen LogP contribution in [0.2, 0.25) is 0 Å². The van der Waals surface area contributed by atoms with Crippen molar-refractivity contribution in [1.82, 2.24) is 4.90 Å². The van der Waals surface area contributed by atoms with Gasteiger partial charge in [0.05, 0.1) is 0 Å². The molecular formula is C24H24BrNO2. The third kappa shape index (κ3) is 5.96. The third-order valence-corrected chi connectivity index (χ3v) is 5.14. The Labute approximate surface area is 175 Å². The van der Waals surface area contributed by atoms with E-state index in [0.717, 1.165) is 15.6 Å². The lowest BCUT2D eigenvalue weighted by Gasteiger charge is -2.26. The van der Waals surface area contributed by atoms with Gasteiger partial charge in [0.15, 0.2) is 0 Å². The Hall–Kier alpha value is -2.59. The Morgan fingerprint density at radius 2 is 1.46 bits per heavy atom. The van der Waals surface area contributed by atoms with Crippen LogP contribution in [0.3, 0.4) is 0 Å². The first-order valence-electron chi connectivity index (χ1n) is 9.37. The fraction of sp³-hybridized carbons (Fsp3) is 0.208.